The molecule has 22 heavy (non-hydrogen) atoms. The molecule has 4 heteroatoms. The molecule has 0 saturated heterocycles. The van der Waals surface area contributed by atoms with Gasteiger partial charge in [0.1, 0.15) is 5.75 Å². The zero-order valence-electron chi connectivity index (χ0n) is 13.5. The summed E-state index contributed by atoms with van der Waals surface area (Å²) < 4.78 is 5.74. The monoisotopic (exact) mass is 323 g/mol. The molecule has 0 bridgehead atoms. The summed E-state index contributed by atoms with van der Waals surface area (Å²) >= 11 is 0. The van der Waals surface area contributed by atoms with Gasteiger partial charge >= 0.3 is 0 Å². The molecule has 0 radical (unpaired) electrons. The lowest BCUT2D eigenvalue weighted by Crippen LogP contribution is -2.32. The molecule has 2 aromatic carbocycles. The number of aliphatic hydroxyl groups is 1. The number of fused-ring (bicyclic) bond motifs is 1. The van der Waals surface area contributed by atoms with Gasteiger partial charge in [0.25, 0.3) is 0 Å². The van der Waals surface area contributed by atoms with Crippen molar-refractivity contribution in [3.05, 3.63) is 42.0 Å². The van der Waals surface area contributed by atoms with E-state index in [1.807, 2.05) is 44.2 Å². The summed E-state index contributed by atoms with van der Waals surface area (Å²) in [5, 5.41) is 12.7. The van der Waals surface area contributed by atoms with Gasteiger partial charge in [-0.15, -0.1) is 12.4 Å². The van der Waals surface area contributed by atoms with Crippen LogP contribution in [0.25, 0.3) is 10.8 Å². The van der Waals surface area contributed by atoms with Gasteiger partial charge < -0.3 is 15.6 Å². The molecule has 2 aromatic rings. The Hall–Kier alpha value is -1.29. The first-order chi connectivity index (χ1) is 10.1. The maximum absolute atomic E-state index is 10.5. The van der Waals surface area contributed by atoms with Crippen LogP contribution in [0.3, 0.4) is 0 Å². The SMILES string of the molecule is CCOc1ccc2ccccc2c1[C@@H](N)[C@@H](O)C(C)CC.Cl. The van der Waals surface area contributed by atoms with Crippen molar-refractivity contribution < 1.29 is 9.84 Å². The molecule has 2 rings (SSSR count). The van der Waals surface area contributed by atoms with Crippen LogP contribution in [0.4, 0.5) is 0 Å². The molecule has 0 aliphatic carbocycles. The van der Waals surface area contributed by atoms with E-state index in [1.54, 1.807) is 0 Å². The van der Waals surface area contributed by atoms with E-state index >= 15 is 0 Å². The quantitative estimate of drug-likeness (QED) is 0.842. The lowest BCUT2D eigenvalue weighted by atomic mass is 9.88. The summed E-state index contributed by atoms with van der Waals surface area (Å²) in [6.07, 6.45) is 0.309. The Kier molecular flexibility index (Phi) is 7.14. The standard InChI is InChI=1S/C18H25NO2.ClH/c1-4-12(3)18(20)17(19)16-14-9-7-6-8-13(14)10-11-15(16)21-5-2;/h6-12,17-18,20H,4-5,19H2,1-3H3;1H/t12?,17-,18+;/m1./s1. The summed E-state index contributed by atoms with van der Waals surface area (Å²) in [7, 11) is 0. The van der Waals surface area contributed by atoms with E-state index in [0.29, 0.717) is 6.61 Å². The topological polar surface area (TPSA) is 55.5 Å². The molecule has 0 heterocycles. The third-order valence-electron chi connectivity index (χ3n) is 4.16. The van der Waals surface area contributed by atoms with Crippen LogP contribution >= 0.6 is 12.4 Å². The Balaban J connectivity index is 0.00000242. The number of halogens is 1. The van der Waals surface area contributed by atoms with Gasteiger partial charge in [-0.2, -0.15) is 0 Å². The summed E-state index contributed by atoms with van der Waals surface area (Å²) in [5.74, 6) is 0.916. The fourth-order valence-electron chi connectivity index (χ4n) is 2.67. The van der Waals surface area contributed by atoms with Crippen LogP contribution in [-0.4, -0.2) is 17.8 Å². The fourth-order valence-corrected chi connectivity index (χ4v) is 2.67. The number of ether oxygens (including phenoxy) is 1. The first-order valence-corrected chi connectivity index (χ1v) is 7.68. The summed E-state index contributed by atoms with van der Waals surface area (Å²) in [5.41, 5.74) is 7.29. The van der Waals surface area contributed by atoms with Crippen molar-refractivity contribution >= 4 is 23.2 Å². The van der Waals surface area contributed by atoms with Crippen molar-refractivity contribution in [1.29, 1.82) is 0 Å². The average molecular weight is 324 g/mol. The van der Waals surface area contributed by atoms with Crippen molar-refractivity contribution in [2.45, 2.75) is 39.3 Å². The molecular weight excluding hydrogens is 298 g/mol. The molecule has 1 unspecified atom stereocenters. The largest absolute Gasteiger partial charge is 0.494 e. The van der Waals surface area contributed by atoms with Crippen LogP contribution in [0.1, 0.15) is 38.8 Å². The Bertz CT molecular complexity index is 603. The molecule has 3 nitrogen and oxygen atoms in total. The van der Waals surface area contributed by atoms with Crippen LogP contribution in [0.5, 0.6) is 5.75 Å². The minimum absolute atomic E-state index is 0. The van der Waals surface area contributed by atoms with E-state index in [-0.39, 0.29) is 18.3 Å². The maximum Gasteiger partial charge on any atom is 0.124 e. The third kappa shape index (κ3) is 3.72. The molecule has 0 aliphatic heterocycles. The number of hydrogen-bond donors (Lipinski definition) is 2. The van der Waals surface area contributed by atoms with Crippen LogP contribution in [0.15, 0.2) is 36.4 Å². The van der Waals surface area contributed by atoms with Crippen molar-refractivity contribution in [2.75, 3.05) is 6.61 Å². The van der Waals surface area contributed by atoms with Crippen molar-refractivity contribution in [3.63, 3.8) is 0 Å². The van der Waals surface area contributed by atoms with Gasteiger partial charge in [0.05, 0.1) is 18.8 Å². The molecule has 0 aliphatic rings. The Labute approximate surface area is 138 Å². The van der Waals surface area contributed by atoms with E-state index in [9.17, 15) is 5.11 Å². The summed E-state index contributed by atoms with van der Waals surface area (Å²) in [6, 6.07) is 11.6. The van der Waals surface area contributed by atoms with Crippen LogP contribution in [0, 0.1) is 5.92 Å². The summed E-state index contributed by atoms with van der Waals surface area (Å²) in [4.78, 5) is 0. The minimum atomic E-state index is -0.583. The fraction of sp³-hybridized carbons (Fsp3) is 0.444. The highest BCUT2D eigenvalue weighted by Gasteiger charge is 2.26. The minimum Gasteiger partial charge on any atom is -0.494 e. The van der Waals surface area contributed by atoms with Crippen LogP contribution < -0.4 is 10.5 Å². The van der Waals surface area contributed by atoms with Crippen molar-refractivity contribution in [2.24, 2.45) is 11.7 Å². The second kappa shape index (κ2) is 8.37. The summed E-state index contributed by atoms with van der Waals surface area (Å²) in [6.45, 7) is 6.62. The highest BCUT2D eigenvalue weighted by atomic mass is 35.5. The van der Waals surface area contributed by atoms with E-state index in [2.05, 4.69) is 13.0 Å². The van der Waals surface area contributed by atoms with Crippen LogP contribution in [-0.2, 0) is 0 Å². The average Bonchev–Trinajstić information content (AvgIpc) is 2.52. The smallest absolute Gasteiger partial charge is 0.124 e. The van der Waals surface area contributed by atoms with Gasteiger partial charge in [0.15, 0.2) is 0 Å². The van der Waals surface area contributed by atoms with E-state index in [0.717, 1.165) is 28.5 Å². The molecule has 0 fully saturated rings. The number of nitrogens with two attached hydrogens (primary N) is 1. The highest BCUT2D eigenvalue weighted by Crippen LogP contribution is 2.35. The zero-order chi connectivity index (χ0) is 15.4. The van der Waals surface area contributed by atoms with E-state index in [1.165, 1.54) is 0 Å². The van der Waals surface area contributed by atoms with Gasteiger partial charge in [-0.25, -0.2) is 0 Å². The van der Waals surface area contributed by atoms with Gasteiger partial charge in [-0.05, 0) is 29.7 Å². The number of hydrogen-bond acceptors (Lipinski definition) is 3. The Morgan fingerprint density at radius 2 is 1.82 bits per heavy atom. The molecule has 0 amide bonds. The third-order valence-corrected chi connectivity index (χ3v) is 4.16. The van der Waals surface area contributed by atoms with Crippen molar-refractivity contribution in [3.8, 4) is 5.75 Å². The highest BCUT2D eigenvalue weighted by molar-refractivity contribution is 5.88. The predicted octanol–water partition coefficient (Wildman–Crippen LogP) is 4.07. The second-order valence-electron chi connectivity index (χ2n) is 5.53. The number of benzene rings is 2. The number of rotatable bonds is 6. The Morgan fingerprint density at radius 3 is 2.45 bits per heavy atom. The first-order valence-electron chi connectivity index (χ1n) is 7.68. The van der Waals surface area contributed by atoms with Crippen molar-refractivity contribution in [1.82, 2.24) is 0 Å². The van der Waals surface area contributed by atoms with E-state index < -0.39 is 12.1 Å². The lowest BCUT2D eigenvalue weighted by Gasteiger charge is -2.27. The zero-order valence-corrected chi connectivity index (χ0v) is 14.3. The second-order valence-corrected chi connectivity index (χ2v) is 5.53. The molecule has 122 valence electrons. The molecule has 0 saturated carbocycles. The maximum atomic E-state index is 10.5. The van der Waals surface area contributed by atoms with Gasteiger partial charge in [-0.1, -0.05) is 50.6 Å². The molecule has 0 spiro atoms. The van der Waals surface area contributed by atoms with Gasteiger partial charge in [0.2, 0.25) is 0 Å². The lowest BCUT2D eigenvalue weighted by molar-refractivity contribution is 0.0873. The van der Waals surface area contributed by atoms with Gasteiger partial charge in [0, 0.05) is 5.56 Å². The van der Waals surface area contributed by atoms with Crippen LogP contribution in [0.2, 0.25) is 0 Å². The first kappa shape index (κ1) is 18.8. The molecule has 0 aromatic heterocycles. The molecule has 3 N–H and O–H groups in total. The predicted molar refractivity (Wildman–Crippen MR) is 94.8 cm³/mol. The molecular formula is C18H26ClNO2. The number of aliphatic hydroxyl groups excluding tert-OH is 1. The molecule has 3 atom stereocenters. The normalized spacial score (nSPS) is 15.0. The van der Waals surface area contributed by atoms with E-state index in [4.69, 9.17) is 10.5 Å². The Morgan fingerprint density at radius 1 is 1.14 bits per heavy atom. The van der Waals surface area contributed by atoms with Gasteiger partial charge in [-0.3, -0.25) is 0 Å².